The van der Waals surface area contributed by atoms with Crippen LogP contribution in [0.2, 0.25) is 0 Å². The van der Waals surface area contributed by atoms with Crippen LogP contribution >= 0.6 is 11.9 Å². The van der Waals surface area contributed by atoms with Crippen molar-refractivity contribution >= 4 is 11.9 Å². The molecule has 1 rings (SSSR count). The highest BCUT2D eigenvalue weighted by Crippen LogP contribution is 2.23. The van der Waals surface area contributed by atoms with Gasteiger partial charge in [-0.05, 0) is 51.5 Å². The molecule has 0 aliphatic carbocycles. The van der Waals surface area contributed by atoms with Crippen molar-refractivity contribution < 1.29 is 0 Å². The van der Waals surface area contributed by atoms with Crippen molar-refractivity contribution in [2.75, 3.05) is 14.1 Å². The van der Waals surface area contributed by atoms with Gasteiger partial charge >= 0.3 is 0 Å². The molecular weight excluding hydrogens is 190 g/mol. The highest BCUT2D eigenvalue weighted by molar-refractivity contribution is 7.97. The molecule has 80 valence electrons. The number of hydrogen-bond donors (Lipinski definition) is 0. The first kappa shape index (κ1) is 13.5. The van der Waals surface area contributed by atoms with Crippen LogP contribution in [0, 0.1) is 13.8 Å². The zero-order valence-corrected chi connectivity index (χ0v) is 10.9. The van der Waals surface area contributed by atoms with Crippen molar-refractivity contribution in [2.45, 2.75) is 32.6 Å². The van der Waals surface area contributed by atoms with Gasteiger partial charge in [0, 0.05) is 4.90 Å². The fourth-order valence-electron chi connectivity index (χ4n) is 1.10. The van der Waals surface area contributed by atoms with Crippen LogP contribution in [0.4, 0.5) is 0 Å². The Labute approximate surface area is 92.6 Å². The largest absolute Gasteiger partial charge is 0.253 e. The highest BCUT2D eigenvalue weighted by atomic mass is 32.2. The second-order valence-corrected chi connectivity index (χ2v) is 4.53. The zero-order valence-electron chi connectivity index (χ0n) is 10.1. The molecule has 0 unspecified atom stereocenters. The van der Waals surface area contributed by atoms with E-state index in [0.717, 1.165) is 0 Å². The molecule has 14 heavy (non-hydrogen) atoms. The first-order valence-corrected chi connectivity index (χ1v) is 5.79. The monoisotopic (exact) mass is 211 g/mol. The van der Waals surface area contributed by atoms with Gasteiger partial charge in [-0.3, -0.25) is 4.31 Å². The van der Waals surface area contributed by atoms with Gasteiger partial charge in [0.15, 0.2) is 0 Å². The van der Waals surface area contributed by atoms with E-state index in [2.05, 4.69) is 50.4 Å². The Bertz CT molecular complexity index is 269. The van der Waals surface area contributed by atoms with Crippen LogP contribution in [0.25, 0.3) is 0 Å². The Kier molecular flexibility index (Phi) is 6.67. The van der Waals surface area contributed by atoms with Gasteiger partial charge in [-0.25, -0.2) is 0 Å². The number of hydrogen-bond acceptors (Lipinski definition) is 2. The molecule has 0 N–H and O–H groups in total. The molecule has 0 spiro atoms. The second-order valence-electron chi connectivity index (χ2n) is 3.17. The predicted molar refractivity (Wildman–Crippen MR) is 66.8 cm³/mol. The number of benzene rings is 1. The summed E-state index contributed by atoms with van der Waals surface area (Å²) in [6, 6.07) is 6.54. The molecule has 0 fully saturated rings. The molecule has 1 aromatic carbocycles. The summed E-state index contributed by atoms with van der Waals surface area (Å²) in [5, 5.41) is 0. The summed E-state index contributed by atoms with van der Waals surface area (Å²) in [6.07, 6.45) is 0. The molecule has 0 bridgehead atoms. The third-order valence-corrected chi connectivity index (χ3v) is 2.63. The first-order chi connectivity index (χ1) is 6.59. The molecule has 0 aliphatic rings. The van der Waals surface area contributed by atoms with Gasteiger partial charge in [0.1, 0.15) is 0 Å². The molecule has 1 nitrogen and oxygen atoms in total. The molecule has 0 atom stereocenters. The summed E-state index contributed by atoms with van der Waals surface area (Å²) in [6.45, 7) is 8.27. The van der Waals surface area contributed by atoms with Gasteiger partial charge in [0.05, 0.1) is 0 Å². The maximum absolute atomic E-state index is 2.21. The van der Waals surface area contributed by atoms with E-state index in [9.17, 15) is 0 Å². The van der Waals surface area contributed by atoms with Crippen LogP contribution in [0.5, 0.6) is 0 Å². The maximum Gasteiger partial charge on any atom is 0.0259 e. The third-order valence-electron chi connectivity index (χ3n) is 1.61. The Morgan fingerprint density at radius 1 is 1.07 bits per heavy atom. The minimum absolute atomic E-state index is 1.33. The van der Waals surface area contributed by atoms with E-state index < -0.39 is 0 Å². The first-order valence-electron chi connectivity index (χ1n) is 5.02. The fraction of sp³-hybridized carbons (Fsp3) is 0.500. The normalized spacial score (nSPS) is 9.64. The van der Waals surface area contributed by atoms with Crippen LogP contribution in [-0.2, 0) is 0 Å². The summed E-state index contributed by atoms with van der Waals surface area (Å²) in [4.78, 5) is 1.34. The Morgan fingerprint density at radius 3 is 2.07 bits per heavy atom. The lowest BCUT2D eigenvalue weighted by Crippen LogP contribution is -1.99. The minimum atomic E-state index is 1.33. The van der Waals surface area contributed by atoms with Gasteiger partial charge in [-0.2, -0.15) is 0 Å². The lowest BCUT2D eigenvalue weighted by atomic mass is 10.2. The molecule has 0 saturated carbocycles. The fourth-order valence-corrected chi connectivity index (χ4v) is 1.82. The minimum Gasteiger partial charge on any atom is -0.253 e. The number of nitrogens with zero attached hydrogens (tertiary/aromatic N) is 1. The SMILES string of the molecule is CC.Cc1ccc(SN(C)C)c(C)c1. The molecular formula is C12H21NS. The summed E-state index contributed by atoms with van der Waals surface area (Å²) in [5.74, 6) is 0. The lowest BCUT2D eigenvalue weighted by molar-refractivity contribution is 0.702. The van der Waals surface area contributed by atoms with Crippen molar-refractivity contribution in [2.24, 2.45) is 0 Å². The maximum atomic E-state index is 2.21. The van der Waals surface area contributed by atoms with E-state index in [-0.39, 0.29) is 0 Å². The van der Waals surface area contributed by atoms with Crippen molar-refractivity contribution in [1.29, 1.82) is 0 Å². The van der Waals surface area contributed by atoms with Crippen molar-refractivity contribution in [3.8, 4) is 0 Å². The van der Waals surface area contributed by atoms with Gasteiger partial charge in [0.25, 0.3) is 0 Å². The van der Waals surface area contributed by atoms with Crippen LogP contribution in [0.1, 0.15) is 25.0 Å². The van der Waals surface area contributed by atoms with Crippen LogP contribution in [0.3, 0.4) is 0 Å². The average molecular weight is 211 g/mol. The molecule has 0 heterocycles. The van der Waals surface area contributed by atoms with E-state index in [1.807, 2.05) is 13.8 Å². The van der Waals surface area contributed by atoms with Crippen molar-refractivity contribution in [3.05, 3.63) is 29.3 Å². The Hall–Kier alpha value is -0.470. The smallest absolute Gasteiger partial charge is 0.0259 e. The summed E-state index contributed by atoms with van der Waals surface area (Å²) < 4.78 is 2.11. The van der Waals surface area contributed by atoms with Crippen LogP contribution in [0.15, 0.2) is 23.1 Å². The van der Waals surface area contributed by atoms with Gasteiger partial charge in [-0.15, -0.1) is 0 Å². The molecule has 0 amide bonds. The predicted octanol–water partition coefficient (Wildman–Crippen LogP) is 3.90. The van der Waals surface area contributed by atoms with E-state index in [1.165, 1.54) is 16.0 Å². The molecule has 0 aliphatic heterocycles. The van der Waals surface area contributed by atoms with E-state index in [4.69, 9.17) is 0 Å². The molecule has 0 saturated heterocycles. The highest BCUT2D eigenvalue weighted by Gasteiger charge is 1.99. The number of rotatable bonds is 2. The quantitative estimate of drug-likeness (QED) is 0.683. The summed E-state index contributed by atoms with van der Waals surface area (Å²) >= 11 is 1.77. The standard InChI is InChI=1S/C10H15NS.C2H6/c1-8-5-6-10(9(2)7-8)12-11(3)4;1-2/h5-7H,1-4H3;1-2H3. The summed E-state index contributed by atoms with van der Waals surface area (Å²) in [7, 11) is 4.12. The van der Waals surface area contributed by atoms with Crippen molar-refractivity contribution in [1.82, 2.24) is 4.31 Å². The van der Waals surface area contributed by atoms with Gasteiger partial charge in [0.2, 0.25) is 0 Å². The molecule has 0 aromatic heterocycles. The van der Waals surface area contributed by atoms with Gasteiger partial charge < -0.3 is 0 Å². The van der Waals surface area contributed by atoms with Crippen LogP contribution in [-0.4, -0.2) is 18.4 Å². The molecule has 1 aromatic rings. The van der Waals surface area contributed by atoms with E-state index >= 15 is 0 Å². The van der Waals surface area contributed by atoms with Crippen molar-refractivity contribution in [3.63, 3.8) is 0 Å². The number of aryl methyl sites for hydroxylation is 2. The topological polar surface area (TPSA) is 3.24 Å². The Morgan fingerprint density at radius 2 is 1.64 bits per heavy atom. The average Bonchev–Trinajstić information content (AvgIpc) is 2.13. The third kappa shape index (κ3) is 4.68. The Balaban J connectivity index is 0.000000791. The summed E-state index contributed by atoms with van der Waals surface area (Å²) in [5.41, 5.74) is 2.68. The lowest BCUT2D eigenvalue weighted by Gasteiger charge is -2.10. The van der Waals surface area contributed by atoms with E-state index in [0.29, 0.717) is 0 Å². The van der Waals surface area contributed by atoms with Gasteiger partial charge in [-0.1, -0.05) is 31.5 Å². The molecule has 0 radical (unpaired) electrons. The second kappa shape index (κ2) is 6.91. The van der Waals surface area contributed by atoms with Crippen LogP contribution < -0.4 is 0 Å². The van der Waals surface area contributed by atoms with E-state index in [1.54, 1.807) is 11.9 Å². The zero-order chi connectivity index (χ0) is 11.1. The molecule has 2 heteroatoms.